The molecule has 0 fully saturated rings. The summed E-state index contributed by atoms with van der Waals surface area (Å²) < 4.78 is 39.0. The fraction of sp³-hybridized carbons (Fsp3) is 0.278. The molecule has 0 saturated heterocycles. The highest BCUT2D eigenvalue weighted by Gasteiger charge is 2.20. The second kappa shape index (κ2) is 9.43. The van der Waals surface area contributed by atoms with Gasteiger partial charge < -0.3 is 20.1 Å². The van der Waals surface area contributed by atoms with Crippen molar-refractivity contribution in [2.24, 2.45) is 0 Å². The van der Waals surface area contributed by atoms with E-state index in [1.54, 1.807) is 36.4 Å². The molecule has 0 spiro atoms. The number of hydrogen-bond acceptors (Lipinski definition) is 5. The minimum absolute atomic E-state index is 0.0241. The third kappa shape index (κ3) is 5.73. The van der Waals surface area contributed by atoms with E-state index in [2.05, 4.69) is 15.4 Å². The summed E-state index contributed by atoms with van der Waals surface area (Å²) in [4.78, 5) is 0.0241. The van der Waals surface area contributed by atoms with E-state index in [4.69, 9.17) is 21.7 Å². The average Bonchev–Trinajstić information content (AvgIpc) is 2.64. The normalized spacial score (nSPS) is 10.8. The Hall–Kier alpha value is -2.52. The summed E-state index contributed by atoms with van der Waals surface area (Å²) in [7, 11) is -2.41. The quantitative estimate of drug-likeness (QED) is 0.577. The maximum absolute atomic E-state index is 12.9. The zero-order valence-electron chi connectivity index (χ0n) is 15.4. The van der Waals surface area contributed by atoms with Crippen LogP contribution in [-0.2, 0) is 10.0 Å². The summed E-state index contributed by atoms with van der Waals surface area (Å²) in [5, 5.41) is 6.17. The Kier molecular flexibility index (Phi) is 7.26. The Balaban J connectivity index is 2.33. The summed E-state index contributed by atoms with van der Waals surface area (Å²) >= 11 is 5.17. The highest BCUT2D eigenvalue weighted by molar-refractivity contribution is 7.93. The van der Waals surface area contributed by atoms with Crippen LogP contribution < -0.4 is 24.8 Å². The first-order chi connectivity index (χ1) is 12.9. The van der Waals surface area contributed by atoms with Gasteiger partial charge in [0.05, 0.1) is 19.4 Å². The molecule has 0 aromatic heterocycles. The third-order valence-corrected chi connectivity index (χ3v) is 5.15. The molecule has 0 unspecified atom stereocenters. The van der Waals surface area contributed by atoms with Crippen LogP contribution in [0.1, 0.15) is 13.8 Å². The molecule has 0 aliphatic heterocycles. The summed E-state index contributed by atoms with van der Waals surface area (Å²) in [6.07, 6.45) is 0. The highest BCUT2D eigenvalue weighted by Crippen LogP contribution is 2.28. The first-order valence-corrected chi connectivity index (χ1v) is 10.3. The fourth-order valence-corrected chi connectivity index (χ4v) is 3.77. The number of methoxy groups -OCH3 is 1. The molecule has 27 heavy (non-hydrogen) atoms. The van der Waals surface area contributed by atoms with E-state index in [0.717, 1.165) is 0 Å². The van der Waals surface area contributed by atoms with E-state index < -0.39 is 10.0 Å². The highest BCUT2D eigenvalue weighted by atomic mass is 32.2. The van der Waals surface area contributed by atoms with Crippen molar-refractivity contribution in [2.45, 2.75) is 18.7 Å². The molecular formula is C18H23N3O4S2. The van der Waals surface area contributed by atoms with Crippen LogP contribution in [0.25, 0.3) is 0 Å². The number of hydrogen-bond donors (Lipinski definition) is 3. The second-order valence-electron chi connectivity index (χ2n) is 5.41. The zero-order valence-corrected chi connectivity index (χ0v) is 17.0. The van der Waals surface area contributed by atoms with Gasteiger partial charge in [0.15, 0.2) is 5.11 Å². The van der Waals surface area contributed by atoms with Crippen molar-refractivity contribution in [1.29, 1.82) is 0 Å². The lowest BCUT2D eigenvalue weighted by Crippen LogP contribution is -2.29. The van der Waals surface area contributed by atoms with Crippen LogP contribution >= 0.6 is 12.2 Å². The zero-order chi connectivity index (χ0) is 19.9. The van der Waals surface area contributed by atoms with E-state index in [-0.39, 0.29) is 4.90 Å². The van der Waals surface area contributed by atoms with Crippen LogP contribution in [-0.4, -0.2) is 33.8 Å². The van der Waals surface area contributed by atoms with E-state index in [1.165, 1.54) is 13.2 Å². The Labute approximate surface area is 165 Å². The van der Waals surface area contributed by atoms with Crippen LogP contribution in [0.4, 0.5) is 11.4 Å². The van der Waals surface area contributed by atoms with Crippen molar-refractivity contribution >= 4 is 38.7 Å². The molecule has 0 amide bonds. The number of thiocarbonyl (C=S) groups is 1. The summed E-state index contributed by atoms with van der Waals surface area (Å²) in [5.41, 5.74) is 0.765. The van der Waals surface area contributed by atoms with Crippen LogP contribution in [0.3, 0.4) is 0 Å². The van der Waals surface area contributed by atoms with Crippen molar-refractivity contribution in [3.05, 3.63) is 42.5 Å². The lowest BCUT2D eigenvalue weighted by molar-refractivity contribution is 0.340. The van der Waals surface area contributed by atoms with E-state index in [0.29, 0.717) is 41.1 Å². The number of anilines is 2. The summed E-state index contributed by atoms with van der Waals surface area (Å²) in [5.74, 6) is 1.09. The molecular weight excluding hydrogens is 386 g/mol. The fourth-order valence-electron chi connectivity index (χ4n) is 2.28. The first kappa shape index (κ1) is 20.8. The van der Waals surface area contributed by atoms with Gasteiger partial charge in [-0.1, -0.05) is 0 Å². The van der Waals surface area contributed by atoms with E-state index in [1.807, 2.05) is 13.8 Å². The van der Waals surface area contributed by atoms with Gasteiger partial charge in [0.25, 0.3) is 10.0 Å². The molecule has 0 saturated carbocycles. The molecule has 0 heterocycles. The molecule has 2 aromatic carbocycles. The molecule has 146 valence electrons. The van der Waals surface area contributed by atoms with Crippen LogP contribution in [0.2, 0.25) is 0 Å². The predicted molar refractivity (Wildman–Crippen MR) is 111 cm³/mol. The van der Waals surface area contributed by atoms with Crippen molar-refractivity contribution in [2.75, 3.05) is 30.3 Å². The minimum Gasteiger partial charge on any atom is -0.497 e. The molecule has 0 atom stereocenters. The Bertz CT molecular complexity index is 884. The molecule has 9 heteroatoms. The van der Waals surface area contributed by atoms with Gasteiger partial charge in [0, 0.05) is 18.3 Å². The average molecular weight is 410 g/mol. The molecule has 0 aliphatic carbocycles. The van der Waals surface area contributed by atoms with Gasteiger partial charge in [-0.15, -0.1) is 0 Å². The predicted octanol–water partition coefficient (Wildman–Crippen LogP) is 3.20. The van der Waals surface area contributed by atoms with E-state index >= 15 is 0 Å². The molecule has 0 radical (unpaired) electrons. The van der Waals surface area contributed by atoms with Crippen molar-refractivity contribution in [3.8, 4) is 11.5 Å². The van der Waals surface area contributed by atoms with Crippen molar-refractivity contribution < 1.29 is 17.9 Å². The van der Waals surface area contributed by atoms with Gasteiger partial charge in [-0.25, -0.2) is 8.42 Å². The van der Waals surface area contributed by atoms with E-state index in [9.17, 15) is 8.42 Å². The second-order valence-corrected chi connectivity index (χ2v) is 7.47. The molecule has 2 rings (SSSR count). The topological polar surface area (TPSA) is 88.7 Å². The number of sulfonamides is 1. The number of benzene rings is 2. The lowest BCUT2D eigenvalue weighted by atomic mass is 10.3. The van der Waals surface area contributed by atoms with Crippen LogP contribution in [0, 0.1) is 0 Å². The van der Waals surface area contributed by atoms with Crippen LogP contribution in [0.5, 0.6) is 11.5 Å². The largest absolute Gasteiger partial charge is 0.497 e. The molecule has 2 aromatic rings. The Morgan fingerprint density at radius 1 is 1.07 bits per heavy atom. The SMILES string of the molecule is CCNC(=S)Nc1ccc(OC)cc1S(=O)(=O)Nc1ccc(OCC)cc1. The van der Waals surface area contributed by atoms with Crippen LogP contribution in [0.15, 0.2) is 47.4 Å². The van der Waals surface area contributed by atoms with Gasteiger partial charge in [0.2, 0.25) is 0 Å². The standard InChI is InChI=1S/C18H23N3O4S2/c1-4-19-18(26)20-16-11-10-15(24-3)12-17(16)27(22,23)21-13-6-8-14(9-7-13)25-5-2/h6-12,21H,4-5H2,1-3H3,(H2,19,20,26). The summed E-state index contributed by atoms with van der Waals surface area (Å²) in [6.45, 7) is 4.93. The summed E-state index contributed by atoms with van der Waals surface area (Å²) in [6, 6.07) is 11.4. The molecule has 3 N–H and O–H groups in total. The first-order valence-electron chi connectivity index (χ1n) is 8.38. The molecule has 7 nitrogen and oxygen atoms in total. The van der Waals surface area contributed by atoms with Gasteiger partial charge >= 0.3 is 0 Å². The lowest BCUT2D eigenvalue weighted by Gasteiger charge is -2.16. The number of nitrogens with one attached hydrogen (secondary N) is 3. The maximum Gasteiger partial charge on any atom is 0.264 e. The smallest absolute Gasteiger partial charge is 0.264 e. The van der Waals surface area contributed by atoms with Gasteiger partial charge in [-0.2, -0.15) is 0 Å². The maximum atomic E-state index is 12.9. The number of ether oxygens (including phenoxy) is 2. The molecule has 0 aliphatic rings. The Morgan fingerprint density at radius 2 is 1.74 bits per heavy atom. The van der Waals surface area contributed by atoms with Gasteiger partial charge in [-0.3, -0.25) is 4.72 Å². The Morgan fingerprint density at radius 3 is 2.33 bits per heavy atom. The minimum atomic E-state index is -3.88. The van der Waals surface area contributed by atoms with Crippen molar-refractivity contribution in [3.63, 3.8) is 0 Å². The van der Waals surface area contributed by atoms with Gasteiger partial charge in [0.1, 0.15) is 16.4 Å². The third-order valence-electron chi connectivity index (χ3n) is 3.48. The number of rotatable bonds is 8. The molecule has 0 bridgehead atoms. The van der Waals surface area contributed by atoms with Crippen molar-refractivity contribution in [1.82, 2.24) is 5.32 Å². The monoisotopic (exact) mass is 409 g/mol. The van der Waals surface area contributed by atoms with Gasteiger partial charge in [-0.05, 0) is 62.5 Å².